The number of carbonyl (C=O) groups excluding carboxylic acids is 2. The normalized spacial score (nSPS) is 13.5. The van der Waals surface area contributed by atoms with E-state index in [1.54, 1.807) is 24.3 Å². The summed E-state index contributed by atoms with van der Waals surface area (Å²) in [6, 6.07) is 14.5. The van der Waals surface area contributed by atoms with Crippen LogP contribution in [0.15, 0.2) is 71.3 Å². The van der Waals surface area contributed by atoms with Gasteiger partial charge in [-0.25, -0.2) is 13.1 Å². The van der Waals surface area contributed by atoms with Crippen molar-refractivity contribution in [1.29, 1.82) is 0 Å². The van der Waals surface area contributed by atoms with E-state index in [2.05, 4.69) is 30.3 Å². The van der Waals surface area contributed by atoms with Gasteiger partial charge in [0.25, 0.3) is 21.8 Å². The largest absolute Gasteiger partial charge is 0.395 e. The second kappa shape index (κ2) is 10.0. The van der Waals surface area contributed by atoms with Crippen LogP contribution in [0.3, 0.4) is 0 Å². The monoisotopic (exact) mass is 515 g/mol. The first kappa shape index (κ1) is 24.1. The molecule has 0 saturated heterocycles. The third-order valence-corrected chi connectivity index (χ3v) is 6.11. The Morgan fingerprint density at radius 3 is 2.37 bits per heavy atom. The number of amides is 2. The maximum absolute atomic E-state index is 13.0. The van der Waals surface area contributed by atoms with Crippen molar-refractivity contribution >= 4 is 56.7 Å². The molecule has 1 aliphatic rings. The number of aromatic nitrogens is 3. The molecule has 0 aliphatic carbocycles. The predicted molar refractivity (Wildman–Crippen MR) is 127 cm³/mol. The summed E-state index contributed by atoms with van der Waals surface area (Å²) in [5.74, 6) is -1.48. The van der Waals surface area contributed by atoms with Gasteiger partial charge in [-0.3, -0.25) is 14.5 Å². The number of aliphatic hydroxyl groups excluding tert-OH is 1. The number of nitrogens with one attached hydrogen (secondary N) is 3. The van der Waals surface area contributed by atoms with Gasteiger partial charge < -0.3 is 15.7 Å². The number of benzene rings is 2. The Kier molecular flexibility index (Phi) is 6.91. The van der Waals surface area contributed by atoms with Crippen LogP contribution in [0, 0.1) is 0 Å². The topological polar surface area (TPSA) is 167 Å². The fraction of sp³-hybridized carbons (Fsp3) is 0.0952. The molecule has 35 heavy (non-hydrogen) atoms. The minimum atomic E-state index is -4.16. The molecular formula is C21H18ClN7O5S. The summed E-state index contributed by atoms with van der Waals surface area (Å²) in [5.41, 5.74) is 0.854. The average molecular weight is 516 g/mol. The molecule has 180 valence electrons. The SMILES string of the molecule is O=C1C=C(Nc2cccc(S(=O)(=O)Nc3nc(Cl)nc(Nc4ccccc4)n3)c2)C(=O)N1CCO. The third-order valence-electron chi connectivity index (χ3n) is 4.62. The van der Waals surface area contributed by atoms with Gasteiger partial charge in [-0.2, -0.15) is 15.0 Å². The molecule has 2 amide bonds. The maximum atomic E-state index is 13.0. The maximum Gasteiger partial charge on any atom is 0.277 e. The molecule has 0 fully saturated rings. The number of carbonyl (C=O) groups is 2. The highest BCUT2D eigenvalue weighted by molar-refractivity contribution is 7.92. The molecule has 4 N–H and O–H groups in total. The fourth-order valence-electron chi connectivity index (χ4n) is 3.09. The van der Waals surface area contributed by atoms with Crippen molar-refractivity contribution in [3.05, 3.63) is 71.7 Å². The first-order chi connectivity index (χ1) is 16.7. The summed E-state index contributed by atoms with van der Waals surface area (Å²) in [6.07, 6.45) is 1.07. The summed E-state index contributed by atoms with van der Waals surface area (Å²) in [5, 5.41) is 14.4. The Morgan fingerprint density at radius 1 is 0.914 bits per heavy atom. The van der Waals surface area contributed by atoms with E-state index in [1.807, 2.05) is 6.07 Å². The van der Waals surface area contributed by atoms with Gasteiger partial charge in [-0.1, -0.05) is 24.3 Å². The fourth-order valence-corrected chi connectivity index (χ4v) is 4.24. The second-order valence-electron chi connectivity index (χ2n) is 7.08. The summed E-state index contributed by atoms with van der Waals surface area (Å²) in [7, 11) is -4.16. The van der Waals surface area contributed by atoms with Crippen molar-refractivity contribution in [2.24, 2.45) is 0 Å². The Labute approximate surface area is 204 Å². The molecule has 0 radical (unpaired) electrons. The highest BCUT2D eigenvalue weighted by Gasteiger charge is 2.30. The first-order valence-electron chi connectivity index (χ1n) is 10.1. The molecule has 12 nitrogen and oxygen atoms in total. The van der Waals surface area contributed by atoms with Crippen LogP contribution in [-0.2, 0) is 19.6 Å². The van der Waals surface area contributed by atoms with Crippen LogP contribution >= 0.6 is 11.6 Å². The van der Waals surface area contributed by atoms with Crippen molar-refractivity contribution < 1.29 is 23.1 Å². The lowest BCUT2D eigenvalue weighted by Crippen LogP contribution is -2.34. The van der Waals surface area contributed by atoms with Crippen molar-refractivity contribution in [2.75, 3.05) is 28.5 Å². The van der Waals surface area contributed by atoms with Gasteiger partial charge in [0, 0.05) is 17.5 Å². The van der Waals surface area contributed by atoms with E-state index < -0.39 is 21.8 Å². The molecule has 2 heterocycles. The van der Waals surface area contributed by atoms with Gasteiger partial charge in [0.05, 0.1) is 18.0 Å². The van der Waals surface area contributed by atoms with E-state index in [1.165, 1.54) is 24.3 Å². The predicted octanol–water partition coefficient (Wildman–Crippen LogP) is 1.73. The molecule has 1 aromatic heterocycles. The minimum absolute atomic E-state index is 0.0353. The van der Waals surface area contributed by atoms with Crippen LogP contribution in [0.25, 0.3) is 0 Å². The number of aliphatic hydroxyl groups is 1. The van der Waals surface area contributed by atoms with Crippen molar-refractivity contribution in [1.82, 2.24) is 19.9 Å². The van der Waals surface area contributed by atoms with Gasteiger partial charge >= 0.3 is 0 Å². The van der Waals surface area contributed by atoms with E-state index in [-0.39, 0.29) is 46.6 Å². The van der Waals surface area contributed by atoms with Crippen LogP contribution in [0.2, 0.25) is 5.28 Å². The number of hydrogen-bond donors (Lipinski definition) is 4. The highest BCUT2D eigenvalue weighted by atomic mass is 35.5. The third kappa shape index (κ3) is 5.71. The lowest BCUT2D eigenvalue weighted by Gasteiger charge is -2.14. The number of β-amino-alcohol motifs (C(OH)–C–C–N with tert-alkyl or cyclic N) is 1. The van der Waals surface area contributed by atoms with Crippen LogP contribution < -0.4 is 15.4 Å². The summed E-state index contributed by atoms with van der Waals surface area (Å²) in [4.78, 5) is 36.7. The number of para-hydroxylation sites is 1. The number of anilines is 4. The van der Waals surface area contributed by atoms with Gasteiger partial charge in [0.1, 0.15) is 5.70 Å². The number of halogens is 1. The van der Waals surface area contributed by atoms with Crippen LogP contribution in [0.1, 0.15) is 0 Å². The molecule has 0 bridgehead atoms. The number of rotatable bonds is 9. The zero-order valence-electron chi connectivity index (χ0n) is 17.8. The van der Waals surface area contributed by atoms with E-state index in [4.69, 9.17) is 16.7 Å². The van der Waals surface area contributed by atoms with Crippen molar-refractivity contribution in [3.63, 3.8) is 0 Å². The van der Waals surface area contributed by atoms with E-state index >= 15 is 0 Å². The van der Waals surface area contributed by atoms with Crippen LogP contribution in [-0.4, -0.2) is 58.3 Å². The Morgan fingerprint density at radius 2 is 1.63 bits per heavy atom. The van der Waals surface area contributed by atoms with Gasteiger partial charge in [0.15, 0.2) is 0 Å². The number of sulfonamides is 1. The van der Waals surface area contributed by atoms with E-state index in [0.717, 1.165) is 11.0 Å². The molecule has 0 saturated carbocycles. The molecule has 14 heteroatoms. The van der Waals surface area contributed by atoms with Gasteiger partial charge in [0.2, 0.25) is 17.2 Å². The van der Waals surface area contributed by atoms with Gasteiger partial charge in [-0.05, 0) is 41.9 Å². The Balaban J connectivity index is 1.52. The van der Waals surface area contributed by atoms with Crippen molar-refractivity contribution in [2.45, 2.75) is 4.90 Å². The molecule has 0 unspecified atom stereocenters. The molecule has 3 aromatic rings. The summed E-state index contributed by atoms with van der Waals surface area (Å²) in [6.45, 7) is -0.519. The van der Waals surface area contributed by atoms with Gasteiger partial charge in [-0.15, -0.1) is 0 Å². The molecule has 0 atom stereocenters. The smallest absolute Gasteiger partial charge is 0.277 e. The lowest BCUT2D eigenvalue weighted by molar-refractivity contribution is -0.137. The molecular weight excluding hydrogens is 498 g/mol. The second-order valence-corrected chi connectivity index (χ2v) is 9.10. The summed E-state index contributed by atoms with van der Waals surface area (Å²) >= 11 is 5.94. The average Bonchev–Trinajstić information content (AvgIpc) is 3.07. The minimum Gasteiger partial charge on any atom is -0.395 e. The number of hydrogen-bond acceptors (Lipinski definition) is 10. The number of nitrogens with zero attached hydrogens (tertiary/aromatic N) is 4. The number of imide groups is 1. The van der Waals surface area contributed by atoms with E-state index in [0.29, 0.717) is 5.69 Å². The van der Waals surface area contributed by atoms with E-state index in [9.17, 15) is 18.0 Å². The lowest BCUT2D eigenvalue weighted by atomic mass is 10.3. The molecule has 4 rings (SSSR count). The Bertz CT molecular complexity index is 1420. The molecule has 2 aromatic carbocycles. The Hall–Kier alpha value is -4.07. The van der Waals surface area contributed by atoms with Crippen LogP contribution in [0.5, 0.6) is 0 Å². The zero-order chi connectivity index (χ0) is 25.0. The summed E-state index contributed by atoms with van der Waals surface area (Å²) < 4.78 is 28.2. The van der Waals surface area contributed by atoms with Crippen LogP contribution in [0.4, 0.5) is 23.3 Å². The highest BCUT2D eigenvalue weighted by Crippen LogP contribution is 2.22. The first-order valence-corrected chi connectivity index (χ1v) is 11.9. The molecule has 1 aliphatic heterocycles. The standard InChI is InChI=1S/C21H18ClN7O5S/c22-19-25-20(24-13-5-2-1-3-6-13)27-21(26-19)28-35(33,34)15-8-4-7-14(11-15)23-16-12-17(31)29(9-10-30)18(16)32/h1-8,11-12,23,30H,9-10H2,(H2,24,25,26,27,28). The van der Waals surface area contributed by atoms with Crippen molar-refractivity contribution in [3.8, 4) is 0 Å². The molecule has 0 spiro atoms. The zero-order valence-corrected chi connectivity index (χ0v) is 19.4. The quantitative estimate of drug-likeness (QED) is 0.308.